The second-order valence-electron chi connectivity index (χ2n) is 6.79. The van der Waals surface area contributed by atoms with Crippen molar-refractivity contribution in [1.29, 1.82) is 5.26 Å². The molecular weight excluding hydrogens is 354 g/mol. The molecule has 0 aliphatic carbocycles. The summed E-state index contributed by atoms with van der Waals surface area (Å²) in [5.41, 5.74) is 0. The number of rotatable bonds is 1. The molecule has 2 saturated heterocycles. The first-order valence-corrected chi connectivity index (χ1v) is 10.5. The van der Waals surface area contributed by atoms with Crippen LogP contribution >= 0.6 is 0 Å². The van der Waals surface area contributed by atoms with Crippen LogP contribution in [0.15, 0.2) is 0 Å². The SMILES string of the molecule is CC.CC.CC(=O)N1CCN(C)C(C)C1.CC(=O)N1CCN(C)CC1CC#N. The van der Waals surface area contributed by atoms with Crippen molar-refractivity contribution in [1.82, 2.24) is 19.6 Å². The van der Waals surface area contributed by atoms with Gasteiger partial charge in [0.05, 0.1) is 18.5 Å². The topological polar surface area (TPSA) is 70.9 Å². The number of nitrogens with zero attached hydrogens (tertiary/aromatic N) is 5. The summed E-state index contributed by atoms with van der Waals surface area (Å²) in [5, 5.41) is 8.60. The number of hydrogen-bond acceptors (Lipinski definition) is 5. The van der Waals surface area contributed by atoms with Crippen LogP contribution in [0, 0.1) is 11.3 Å². The molecule has 2 fully saturated rings. The molecule has 164 valence electrons. The van der Waals surface area contributed by atoms with Crippen molar-refractivity contribution in [3.05, 3.63) is 0 Å². The van der Waals surface area contributed by atoms with Crippen molar-refractivity contribution in [3.63, 3.8) is 0 Å². The zero-order valence-corrected chi connectivity index (χ0v) is 19.7. The van der Waals surface area contributed by atoms with Crippen LogP contribution in [0.1, 0.15) is 54.9 Å². The molecule has 0 bridgehead atoms. The Morgan fingerprint density at radius 1 is 0.929 bits per heavy atom. The minimum Gasteiger partial charge on any atom is -0.340 e. The third kappa shape index (κ3) is 10.6. The number of amides is 2. The summed E-state index contributed by atoms with van der Waals surface area (Å²) >= 11 is 0. The minimum absolute atomic E-state index is 0.0772. The molecule has 7 heteroatoms. The van der Waals surface area contributed by atoms with E-state index in [1.165, 1.54) is 0 Å². The number of carbonyl (C=O) groups excluding carboxylic acids is 2. The third-order valence-corrected chi connectivity index (χ3v) is 4.82. The Bertz CT molecular complexity index is 478. The van der Waals surface area contributed by atoms with E-state index in [9.17, 15) is 9.59 Å². The van der Waals surface area contributed by atoms with E-state index in [1.807, 2.05) is 39.6 Å². The highest BCUT2D eigenvalue weighted by Crippen LogP contribution is 2.11. The summed E-state index contributed by atoms with van der Waals surface area (Å²) in [6, 6.07) is 2.71. The molecule has 0 aromatic carbocycles. The van der Waals surface area contributed by atoms with Gasteiger partial charge in [-0.3, -0.25) is 9.59 Å². The summed E-state index contributed by atoms with van der Waals surface area (Å²) in [7, 11) is 4.12. The number of piperazine rings is 2. The number of hydrogen-bond donors (Lipinski definition) is 0. The van der Waals surface area contributed by atoms with Crippen molar-refractivity contribution in [2.45, 2.75) is 67.0 Å². The van der Waals surface area contributed by atoms with Gasteiger partial charge in [0, 0.05) is 59.2 Å². The fourth-order valence-electron chi connectivity index (χ4n) is 3.04. The molecule has 0 aromatic rings. The van der Waals surface area contributed by atoms with E-state index in [1.54, 1.807) is 18.7 Å². The smallest absolute Gasteiger partial charge is 0.219 e. The predicted molar refractivity (Wildman–Crippen MR) is 116 cm³/mol. The van der Waals surface area contributed by atoms with Gasteiger partial charge in [-0.05, 0) is 21.0 Å². The Labute approximate surface area is 173 Å². The molecule has 2 unspecified atom stereocenters. The van der Waals surface area contributed by atoms with E-state index >= 15 is 0 Å². The summed E-state index contributed by atoms with van der Waals surface area (Å²) in [5.74, 6) is 0.276. The Morgan fingerprint density at radius 2 is 1.50 bits per heavy atom. The van der Waals surface area contributed by atoms with Crippen molar-refractivity contribution in [3.8, 4) is 6.07 Å². The first kappa shape index (κ1) is 28.6. The van der Waals surface area contributed by atoms with Gasteiger partial charge in [-0.15, -0.1) is 0 Å². The fourth-order valence-corrected chi connectivity index (χ4v) is 3.04. The second kappa shape index (κ2) is 16.3. The summed E-state index contributed by atoms with van der Waals surface area (Å²) in [6.45, 7) is 18.6. The number of likely N-dealkylation sites (N-methyl/N-ethyl adjacent to an activating group) is 2. The molecule has 28 heavy (non-hydrogen) atoms. The van der Waals surface area contributed by atoms with Gasteiger partial charge in [0.2, 0.25) is 11.8 Å². The van der Waals surface area contributed by atoms with E-state index in [4.69, 9.17) is 5.26 Å². The maximum Gasteiger partial charge on any atom is 0.219 e. The van der Waals surface area contributed by atoms with Crippen molar-refractivity contribution in [2.75, 3.05) is 53.4 Å². The summed E-state index contributed by atoms with van der Waals surface area (Å²) in [4.78, 5) is 30.3. The molecule has 2 aliphatic rings. The average Bonchev–Trinajstić information content (AvgIpc) is 2.67. The maximum atomic E-state index is 11.2. The second-order valence-corrected chi connectivity index (χ2v) is 6.79. The van der Waals surface area contributed by atoms with E-state index in [2.05, 4.69) is 29.8 Å². The van der Waals surface area contributed by atoms with Crippen LogP contribution in [0.3, 0.4) is 0 Å². The monoisotopic (exact) mass is 397 g/mol. The van der Waals surface area contributed by atoms with Gasteiger partial charge in [-0.1, -0.05) is 27.7 Å². The predicted octanol–water partition coefficient (Wildman–Crippen LogP) is 2.28. The molecule has 2 rings (SSSR count). The molecule has 0 spiro atoms. The molecule has 2 amide bonds. The van der Waals surface area contributed by atoms with Gasteiger partial charge in [0.15, 0.2) is 0 Å². The number of carbonyl (C=O) groups is 2. The van der Waals surface area contributed by atoms with E-state index < -0.39 is 0 Å². The Hall–Kier alpha value is -1.65. The zero-order chi connectivity index (χ0) is 22.3. The average molecular weight is 398 g/mol. The van der Waals surface area contributed by atoms with Crippen LogP contribution in [0.5, 0.6) is 0 Å². The highest BCUT2D eigenvalue weighted by molar-refractivity contribution is 5.74. The van der Waals surface area contributed by atoms with Crippen LogP contribution in [-0.2, 0) is 9.59 Å². The third-order valence-electron chi connectivity index (χ3n) is 4.82. The van der Waals surface area contributed by atoms with Gasteiger partial charge in [-0.25, -0.2) is 0 Å². The highest BCUT2D eigenvalue weighted by Gasteiger charge is 2.26. The van der Waals surface area contributed by atoms with Crippen molar-refractivity contribution >= 4 is 11.8 Å². The Kier molecular flexibility index (Phi) is 16.6. The van der Waals surface area contributed by atoms with Gasteiger partial charge in [0.1, 0.15) is 0 Å². The maximum absolute atomic E-state index is 11.2. The molecule has 0 aromatic heterocycles. The lowest BCUT2D eigenvalue weighted by atomic mass is 10.1. The lowest BCUT2D eigenvalue weighted by Crippen LogP contribution is -2.53. The lowest BCUT2D eigenvalue weighted by molar-refractivity contribution is -0.133. The van der Waals surface area contributed by atoms with Crippen molar-refractivity contribution in [2.24, 2.45) is 0 Å². The van der Waals surface area contributed by atoms with E-state index in [0.29, 0.717) is 12.5 Å². The molecule has 0 N–H and O–H groups in total. The van der Waals surface area contributed by atoms with E-state index in [-0.39, 0.29) is 17.9 Å². The minimum atomic E-state index is 0.0772. The van der Waals surface area contributed by atoms with Crippen molar-refractivity contribution < 1.29 is 9.59 Å². The largest absolute Gasteiger partial charge is 0.340 e. The molecule has 2 atom stereocenters. The van der Waals surface area contributed by atoms with Crippen LogP contribution in [0.2, 0.25) is 0 Å². The van der Waals surface area contributed by atoms with Crippen LogP contribution in [-0.4, -0.2) is 96.9 Å². The van der Waals surface area contributed by atoms with Gasteiger partial charge in [0.25, 0.3) is 0 Å². The fraction of sp³-hybridized carbons (Fsp3) is 0.857. The van der Waals surface area contributed by atoms with Crippen LogP contribution in [0.4, 0.5) is 0 Å². The first-order valence-electron chi connectivity index (χ1n) is 10.5. The van der Waals surface area contributed by atoms with Crippen LogP contribution < -0.4 is 0 Å². The molecule has 2 heterocycles. The van der Waals surface area contributed by atoms with Gasteiger partial charge >= 0.3 is 0 Å². The molecular formula is C21H43N5O2. The van der Waals surface area contributed by atoms with Crippen LogP contribution in [0.25, 0.3) is 0 Å². The molecule has 0 saturated carbocycles. The lowest BCUT2D eigenvalue weighted by Gasteiger charge is -2.38. The zero-order valence-electron chi connectivity index (χ0n) is 19.7. The quantitative estimate of drug-likeness (QED) is 0.679. The standard InChI is InChI=1S/C9H15N3O.C8H16N2O.2C2H6/c1-8(13)12-6-5-11(2)7-9(12)3-4-10;1-7-6-10(8(2)11)5-4-9(7)3;2*1-2/h9H,3,5-7H2,1-2H3;7H,4-6H2,1-3H3;2*1-2H3. The highest BCUT2D eigenvalue weighted by atomic mass is 16.2. The Morgan fingerprint density at radius 3 is 1.93 bits per heavy atom. The Balaban J connectivity index is 0. The van der Waals surface area contributed by atoms with Gasteiger partial charge in [-0.2, -0.15) is 5.26 Å². The van der Waals surface area contributed by atoms with Gasteiger partial charge < -0.3 is 19.6 Å². The number of nitriles is 1. The molecule has 7 nitrogen and oxygen atoms in total. The first-order chi connectivity index (χ1) is 13.3. The molecule has 0 radical (unpaired) electrons. The normalized spacial score (nSPS) is 22.3. The summed E-state index contributed by atoms with van der Waals surface area (Å²) < 4.78 is 0. The molecule has 2 aliphatic heterocycles. The summed E-state index contributed by atoms with van der Waals surface area (Å²) in [6.07, 6.45) is 0.434. The van der Waals surface area contributed by atoms with E-state index in [0.717, 1.165) is 39.3 Å².